The Balaban J connectivity index is 1.96. The molecule has 7 heteroatoms. The first-order chi connectivity index (χ1) is 8.31. The maximum Gasteiger partial charge on any atom is 0.213 e. The highest BCUT2D eigenvalue weighted by atomic mass is 16.4. The Morgan fingerprint density at radius 3 is 2.82 bits per heavy atom. The Bertz CT molecular complexity index is 483. The van der Waals surface area contributed by atoms with Crippen molar-refractivity contribution in [3.63, 3.8) is 0 Å². The quantitative estimate of drug-likeness (QED) is 0.522. The van der Waals surface area contributed by atoms with E-state index >= 15 is 0 Å². The second kappa shape index (κ2) is 5.26. The van der Waals surface area contributed by atoms with Gasteiger partial charge in [-0.25, -0.2) is 15.8 Å². The Hall–Kier alpha value is -2.15. The van der Waals surface area contributed by atoms with Crippen LogP contribution in [0, 0.1) is 0 Å². The number of hydrogen-bond donors (Lipinski definition) is 3. The Labute approximate surface area is 98.4 Å². The van der Waals surface area contributed by atoms with Crippen molar-refractivity contribution in [2.45, 2.75) is 19.9 Å². The van der Waals surface area contributed by atoms with E-state index in [0.29, 0.717) is 24.1 Å². The fourth-order valence-electron chi connectivity index (χ4n) is 1.28. The third-order valence-corrected chi connectivity index (χ3v) is 2.15. The van der Waals surface area contributed by atoms with Gasteiger partial charge >= 0.3 is 0 Å². The number of nitrogens with zero attached hydrogens (tertiary/aromatic N) is 3. The lowest BCUT2D eigenvalue weighted by molar-refractivity contribution is 0.465. The van der Waals surface area contributed by atoms with Crippen LogP contribution in [-0.2, 0) is 13.0 Å². The average molecular weight is 234 g/mol. The van der Waals surface area contributed by atoms with E-state index in [9.17, 15) is 0 Å². The summed E-state index contributed by atoms with van der Waals surface area (Å²) < 4.78 is 5.45. The normalized spacial score (nSPS) is 10.2. The molecule has 0 bridgehead atoms. The highest BCUT2D eigenvalue weighted by molar-refractivity contribution is 5.40. The molecule has 90 valence electrons. The number of hydrogen-bond acceptors (Lipinski definition) is 7. The molecule has 0 unspecified atom stereocenters. The van der Waals surface area contributed by atoms with Gasteiger partial charge in [0.1, 0.15) is 11.6 Å². The second-order valence-corrected chi connectivity index (χ2v) is 3.36. The SMILES string of the molecule is CCc1cnc(CNc2cncc(NN)n2)o1. The lowest BCUT2D eigenvalue weighted by atomic mass is 10.4. The first-order valence-corrected chi connectivity index (χ1v) is 5.28. The van der Waals surface area contributed by atoms with Gasteiger partial charge in [0.25, 0.3) is 0 Å². The zero-order valence-corrected chi connectivity index (χ0v) is 9.47. The van der Waals surface area contributed by atoms with Crippen molar-refractivity contribution in [2.24, 2.45) is 5.84 Å². The van der Waals surface area contributed by atoms with Crippen molar-refractivity contribution in [3.05, 3.63) is 30.2 Å². The molecule has 4 N–H and O–H groups in total. The molecule has 17 heavy (non-hydrogen) atoms. The van der Waals surface area contributed by atoms with Crippen LogP contribution in [0.25, 0.3) is 0 Å². The monoisotopic (exact) mass is 234 g/mol. The molecule has 2 heterocycles. The number of aryl methyl sites for hydroxylation is 1. The number of nitrogen functional groups attached to an aromatic ring is 1. The highest BCUT2D eigenvalue weighted by Crippen LogP contribution is 2.08. The molecule has 0 fully saturated rings. The Kier molecular flexibility index (Phi) is 3.51. The molecular formula is C10H14N6O. The van der Waals surface area contributed by atoms with Crippen molar-refractivity contribution < 1.29 is 4.42 Å². The summed E-state index contributed by atoms with van der Waals surface area (Å²) in [6, 6.07) is 0. The largest absolute Gasteiger partial charge is 0.444 e. The van der Waals surface area contributed by atoms with Crippen LogP contribution in [-0.4, -0.2) is 15.0 Å². The molecule has 0 spiro atoms. The van der Waals surface area contributed by atoms with Gasteiger partial charge in [-0.15, -0.1) is 0 Å². The molecule has 0 amide bonds. The first-order valence-electron chi connectivity index (χ1n) is 5.28. The van der Waals surface area contributed by atoms with Gasteiger partial charge in [0.2, 0.25) is 5.89 Å². The smallest absolute Gasteiger partial charge is 0.213 e. The standard InChI is InChI=1S/C10H14N6O/c1-2-7-3-14-10(17-7)6-13-8-4-12-5-9(15-8)16-11/h3-5H,2,6,11H2,1H3,(H2,13,15,16). The number of nitrogens with two attached hydrogens (primary N) is 1. The molecule has 0 atom stereocenters. The van der Waals surface area contributed by atoms with E-state index in [1.54, 1.807) is 12.4 Å². The van der Waals surface area contributed by atoms with Gasteiger partial charge in [0.15, 0.2) is 5.82 Å². The minimum Gasteiger partial charge on any atom is -0.444 e. The maximum atomic E-state index is 5.45. The predicted molar refractivity (Wildman–Crippen MR) is 63.0 cm³/mol. The summed E-state index contributed by atoms with van der Waals surface area (Å²) in [4.78, 5) is 12.3. The van der Waals surface area contributed by atoms with Gasteiger partial charge in [0, 0.05) is 6.42 Å². The highest BCUT2D eigenvalue weighted by Gasteiger charge is 2.03. The lowest BCUT2D eigenvalue weighted by Crippen LogP contribution is -2.10. The van der Waals surface area contributed by atoms with Crippen LogP contribution in [0.1, 0.15) is 18.6 Å². The Morgan fingerprint density at radius 2 is 2.12 bits per heavy atom. The fourth-order valence-corrected chi connectivity index (χ4v) is 1.28. The van der Waals surface area contributed by atoms with E-state index < -0.39 is 0 Å². The zero-order valence-electron chi connectivity index (χ0n) is 9.47. The van der Waals surface area contributed by atoms with Crippen molar-refractivity contribution in [1.29, 1.82) is 0 Å². The molecule has 2 aromatic heterocycles. The van der Waals surface area contributed by atoms with Gasteiger partial charge in [-0.1, -0.05) is 6.92 Å². The van der Waals surface area contributed by atoms with Gasteiger partial charge in [-0.05, 0) is 0 Å². The van der Waals surface area contributed by atoms with Crippen molar-refractivity contribution >= 4 is 11.6 Å². The molecule has 7 nitrogen and oxygen atoms in total. The van der Waals surface area contributed by atoms with Crippen LogP contribution in [0.3, 0.4) is 0 Å². The van der Waals surface area contributed by atoms with E-state index in [4.69, 9.17) is 10.3 Å². The summed E-state index contributed by atoms with van der Waals surface area (Å²) in [6.07, 6.45) is 5.69. The fraction of sp³-hybridized carbons (Fsp3) is 0.300. The number of aromatic nitrogens is 3. The molecule has 0 saturated heterocycles. The molecule has 0 aliphatic rings. The number of oxazole rings is 1. The molecular weight excluding hydrogens is 220 g/mol. The van der Waals surface area contributed by atoms with E-state index in [1.165, 1.54) is 6.20 Å². The molecule has 0 aliphatic carbocycles. The molecule has 0 radical (unpaired) electrons. The topological polar surface area (TPSA) is 102 Å². The minimum absolute atomic E-state index is 0.461. The third-order valence-electron chi connectivity index (χ3n) is 2.15. The average Bonchev–Trinajstić information content (AvgIpc) is 2.84. The maximum absolute atomic E-state index is 5.45. The summed E-state index contributed by atoms with van der Waals surface area (Å²) in [7, 11) is 0. The van der Waals surface area contributed by atoms with E-state index in [2.05, 4.69) is 25.7 Å². The van der Waals surface area contributed by atoms with Gasteiger partial charge < -0.3 is 15.2 Å². The van der Waals surface area contributed by atoms with Crippen LogP contribution < -0.4 is 16.6 Å². The third kappa shape index (κ3) is 2.91. The molecule has 0 saturated carbocycles. The van der Waals surface area contributed by atoms with Crippen LogP contribution in [0.4, 0.5) is 11.6 Å². The van der Waals surface area contributed by atoms with Gasteiger partial charge in [-0.3, -0.25) is 4.98 Å². The predicted octanol–water partition coefficient (Wildman–Crippen LogP) is 0.925. The molecule has 0 aliphatic heterocycles. The zero-order chi connectivity index (χ0) is 12.1. The summed E-state index contributed by atoms with van der Waals surface area (Å²) in [5.74, 6) is 7.83. The summed E-state index contributed by atoms with van der Waals surface area (Å²) in [5, 5.41) is 3.05. The van der Waals surface area contributed by atoms with E-state index in [0.717, 1.165) is 12.2 Å². The Morgan fingerprint density at radius 1 is 1.29 bits per heavy atom. The van der Waals surface area contributed by atoms with Crippen LogP contribution in [0.15, 0.2) is 23.0 Å². The first kappa shape index (κ1) is 11.3. The van der Waals surface area contributed by atoms with E-state index in [-0.39, 0.29) is 0 Å². The molecule has 0 aromatic carbocycles. The van der Waals surface area contributed by atoms with Gasteiger partial charge in [0.05, 0.1) is 25.1 Å². The second-order valence-electron chi connectivity index (χ2n) is 3.36. The van der Waals surface area contributed by atoms with E-state index in [1.807, 2.05) is 6.92 Å². The number of anilines is 2. The molecule has 2 rings (SSSR count). The van der Waals surface area contributed by atoms with Crippen molar-refractivity contribution in [3.8, 4) is 0 Å². The minimum atomic E-state index is 0.461. The lowest BCUT2D eigenvalue weighted by Gasteiger charge is -2.04. The number of nitrogens with one attached hydrogen (secondary N) is 2. The summed E-state index contributed by atoms with van der Waals surface area (Å²) in [5.41, 5.74) is 2.43. The van der Waals surface area contributed by atoms with Crippen LogP contribution >= 0.6 is 0 Å². The van der Waals surface area contributed by atoms with Gasteiger partial charge in [-0.2, -0.15) is 0 Å². The van der Waals surface area contributed by atoms with Crippen molar-refractivity contribution in [2.75, 3.05) is 10.7 Å². The molecule has 2 aromatic rings. The van der Waals surface area contributed by atoms with Crippen LogP contribution in [0.5, 0.6) is 0 Å². The number of hydrazine groups is 1. The summed E-state index contributed by atoms with van der Waals surface area (Å²) >= 11 is 0. The van der Waals surface area contributed by atoms with Crippen LogP contribution in [0.2, 0.25) is 0 Å². The summed E-state index contributed by atoms with van der Waals surface area (Å²) in [6.45, 7) is 2.47. The van der Waals surface area contributed by atoms with Crippen molar-refractivity contribution in [1.82, 2.24) is 15.0 Å². The number of rotatable bonds is 5.